The Hall–Kier alpha value is -2.46. The van der Waals surface area contributed by atoms with Crippen LogP contribution in [0.5, 0.6) is 0 Å². The first-order valence-corrected chi connectivity index (χ1v) is 7.48. The second kappa shape index (κ2) is 8.08. The number of benzene rings is 1. The summed E-state index contributed by atoms with van der Waals surface area (Å²) in [6.07, 6.45) is -3.90. The van der Waals surface area contributed by atoms with E-state index in [1.807, 2.05) is 0 Å². The summed E-state index contributed by atoms with van der Waals surface area (Å²) in [6, 6.07) is 1.44. The fourth-order valence-corrected chi connectivity index (χ4v) is 2.02. The van der Waals surface area contributed by atoms with Gasteiger partial charge in [0.25, 0.3) is 5.69 Å². The van der Waals surface area contributed by atoms with E-state index in [2.05, 4.69) is 5.32 Å². The fraction of sp³-hybridized carbons (Fsp3) is 0.533. The standard InChI is InChI=1S/C15H22FN3O6/c1-15(2,3)25-14(22)18-5-4-11(20)13(21)9-6-8(16)7-10(12(9)17)19(23)24/h6-7,11,13,20-21H,4-5,17H2,1-3H3,(H,18,22). The molecule has 0 saturated carbocycles. The average molecular weight is 359 g/mol. The van der Waals surface area contributed by atoms with E-state index >= 15 is 0 Å². The molecule has 1 amide bonds. The van der Waals surface area contributed by atoms with Crippen molar-refractivity contribution in [1.29, 1.82) is 0 Å². The number of rotatable bonds is 6. The number of hydrogen-bond acceptors (Lipinski definition) is 7. The van der Waals surface area contributed by atoms with Gasteiger partial charge in [0, 0.05) is 12.1 Å². The number of nitrogens with zero attached hydrogens (tertiary/aromatic N) is 1. The van der Waals surface area contributed by atoms with E-state index in [4.69, 9.17) is 10.5 Å². The normalized spacial score (nSPS) is 13.8. The summed E-state index contributed by atoms with van der Waals surface area (Å²) in [7, 11) is 0. The highest BCUT2D eigenvalue weighted by Gasteiger charge is 2.26. The molecule has 0 bridgehead atoms. The van der Waals surface area contributed by atoms with E-state index in [1.54, 1.807) is 20.8 Å². The lowest BCUT2D eigenvalue weighted by molar-refractivity contribution is -0.384. The second-order valence-electron chi connectivity index (χ2n) is 6.41. The summed E-state index contributed by atoms with van der Waals surface area (Å²) in [4.78, 5) is 21.4. The minimum absolute atomic E-state index is 0.0372. The molecule has 9 nitrogen and oxygen atoms in total. The molecule has 0 fully saturated rings. The largest absolute Gasteiger partial charge is 0.444 e. The number of ether oxygens (including phenoxy) is 1. The third-order valence-corrected chi connectivity index (χ3v) is 3.14. The molecular weight excluding hydrogens is 337 g/mol. The van der Waals surface area contributed by atoms with Gasteiger partial charge in [0.05, 0.1) is 17.1 Å². The Morgan fingerprint density at radius 2 is 2.04 bits per heavy atom. The van der Waals surface area contributed by atoms with E-state index < -0.39 is 46.0 Å². The lowest BCUT2D eigenvalue weighted by Crippen LogP contribution is -2.34. The van der Waals surface area contributed by atoms with Crippen LogP contribution >= 0.6 is 0 Å². The van der Waals surface area contributed by atoms with Crippen LogP contribution in [-0.2, 0) is 4.74 Å². The lowest BCUT2D eigenvalue weighted by Gasteiger charge is -2.21. The van der Waals surface area contributed by atoms with Crippen LogP contribution < -0.4 is 11.1 Å². The number of nitrogens with two attached hydrogens (primary N) is 1. The summed E-state index contributed by atoms with van der Waals surface area (Å²) in [6.45, 7) is 5.02. The zero-order valence-corrected chi connectivity index (χ0v) is 14.2. The molecule has 140 valence electrons. The summed E-state index contributed by atoms with van der Waals surface area (Å²) in [5, 5.41) is 33.3. The highest BCUT2D eigenvalue weighted by Crippen LogP contribution is 2.32. The fourth-order valence-electron chi connectivity index (χ4n) is 2.02. The number of nitrogen functional groups attached to an aromatic ring is 1. The minimum Gasteiger partial charge on any atom is -0.444 e. The number of carbonyl (C=O) groups is 1. The number of carbonyl (C=O) groups excluding carboxylic acids is 1. The number of nitro benzene ring substituents is 1. The van der Waals surface area contributed by atoms with Gasteiger partial charge in [-0.3, -0.25) is 10.1 Å². The molecular formula is C15H22FN3O6. The van der Waals surface area contributed by atoms with E-state index in [1.165, 1.54) is 0 Å². The molecule has 2 unspecified atom stereocenters. The molecule has 0 aliphatic carbocycles. The molecule has 25 heavy (non-hydrogen) atoms. The molecule has 1 aromatic rings. The Labute approximate surface area is 143 Å². The van der Waals surface area contributed by atoms with Crippen LogP contribution in [0.1, 0.15) is 38.9 Å². The summed E-state index contributed by atoms with van der Waals surface area (Å²) in [5.41, 5.74) is 3.46. The molecule has 10 heteroatoms. The number of amides is 1. The summed E-state index contributed by atoms with van der Waals surface area (Å²) < 4.78 is 18.5. The highest BCUT2D eigenvalue weighted by molar-refractivity contribution is 5.67. The van der Waals surface area contributed by atoms with Crippen LogP contribution in [0.4, 0.5) is 20.6 Å². The quantitative estimate of drug-likeness (QED) is 0.343. The number of hydrogen-bond donors (Lipinski definition) is 4. The van der Waals surface area contributed by atoms with Gasteiger partial charge in [0.1, 0.15) is 23.2 Å². The van der Waals surface area contributed by atoms with Gasteiger partial charge >= 0.3 is 6.09 Å². The van der Waals surface area contributed by atoms with Crippen molar-refractivity contribution in [3.05, 3.63) is 33.6 Å². The topological polar surface area (TPSA) is 148 Å². The molecule has 2 atom stereocenters. The molecule has 1 rings (SSSR count). The molecule has 1 aromatic carbocycles. The van der Waals surface area contributed by atoms with Crippen molar-refractivity contribution < 1.29 is 29.1 Å². The number of alkyl carbamates (subject to hydrolysis) is 1. The Balaban J connectivity index is 2.73. The van der Waals surface area contributed by atoms with Gasteiger partial charge in [-0.25, -0.2) is 9.18 Å². The Bertz CT molecular complexity index is 647. The minimum atomic E-state index is -1.66. The van der Waals surface area contributed by atoms with Gasteiger partial charge in [-0.15, -0.1) is 0 Å². The van der Waals surface area contributed by atoms with Crippen LogP contribution in [0.3, 0.4) is 0 Å². The van der Waals surface area contributed by atoms with Crippen molar-refractivity contribution in [3.8, 4) is 0 Å². The molecule has 0 heterocycles. The van der Waals surface area contributed by atoms with Crippen LogP contribution in [-0.4, -0.2) is 39.5 Å². The highest BCUT2D eigenvalue weighted by atomic mass is 19.1. The van der Waals surface area contributed by atoms with E-state index in [9.17, 15) is 29.5 Å². The number of nitrogens with one attached hydrogen (secondary N) is 1. The van der Waals surface area contributed by atoms with Crippen molar-refractivity contribution >= 4 is 17.5 Å². The number of aliphatic hydroxyl groups is 2. The third kappa shape index (κ3) is 6.16. The molecule has 0 aliphatic heterocycles. The van der Waals surface area contributed by atoms with Gasteiger partial charge in [-0.2, -0.15) is 0 Å². The summed E-state index contributed by atoms with van der Waals surface area (Å²) >= 11 is 0. The van der Waals surface area contributed by atoms with Gasteiger partial charge in [-0.05, 0) is 33.3 Å². The zero-order valence-electron chi connectivity index (χ0n) is 14.2. The molecule has 0 spiro atoms. The maximum absolute atomic E-state index is 13.5. The Morgan fingerprint density at radius 1 is 1.44 bits per heavy atom. The van der Waals surface area contributed by atoms with Crippen molar-refractivity contribution in [2.75, 3.05) is 12.3 Å². The Morgan fingerprint density at radius 3 is 2.56 bits per heavy atom. The predicted octanol–water partition coefficient (Wildman–Crippen LogP) is 1.63. The number of aliphatic hydroxyl groups excluding tert-OH is 2. The SMILES string of the molecule is CC(C)(C)OC(=O)NCCC(O)C(O)c1cc(F)cc([N+](=O)[O-])c1N. The van der Waals surface area contributed by atoms with Gasteiger partial charge < -0.3 is 26.0 Å². The maximum Gasteiger partial charge on any atom is 0.407 e. The van der Waals surface area contributed by atoms with Crippen molar-refractivity contribution in [2.24, 2.45) is 0 Å². The third-order valence-electron chi connectivity index (χ3n) is 3.14. The van der Waals surface area contributed by atoms with Crippen LogP contribution in [0.15, 0.2) is 12.1 Å². The summed E-state index contributed by atoms with van der Waals surface area (Å²) in [5.74, 6) is -0.964. The van der Waals surface area contributed by atoms with Gasteiger partial charge in [0.15, 0.2) is 0 Å². The zero-order chi connectivity index (χ0) is 19.4. The van der Waals surface area contributed by atoms with E-state index in [0.29, 0.717) is 6.07 Å². The van der Waals surface area contributed by atoms with Crippen LogP contribution in [0, 0.1) is 15.9 Å². The average Bonchev–Trinajstić information content (AvgIpc) is 2.46. The van der Waals surface area contributed by atoms with Crippen LogP contribution in [0.25, 0.3) is 0 Å². The first-order valence-electron chi connectivity index (χ1n) is 7.48. The molecule has 0 saturated heterocycles. The van der Waals surface area contributed by atoms with Crippen molar-refractivity contribution in [2.45, 2.75) is 45.0 Å². The van der Waals surface area contributed by atoms with E-state index in [0.717, 1.165) is 6.07 Å². The van der Waals surface area contributed by atoms with Crippen LogP contribution in [0.2, 0.25) is 0 Å². The monoisotopic (exact) mass is 359 g/mol. The Kier molecular flexibility index (Phi) is 6.65. The molecule has 0 aliphatic rings. The number of halogens is 1. The van der Waals surface area contributed by atoms with Crippen molar-refractivity contribution in [3.63, 3.8) is 0 Å². The van der Waals surface area contributed by atoms with E-state index in [-0.39, 0.29) is 18.5 Å². The van der Waals surface area contributed by atoms with Gasteiger partial charge in [-0.1, -0.05) is 0 Å². The smallest absolute Gasteiger partial charge is 0.407 e. The molecule has 0 aromatic heterocycles. The van der Waals surface area contributed by atoms with Gasteiger partial charge in [0.2, 0.25) is 0 Å². The second-order valence-corrected chi connectivity index (χ2v) is 6.41. The molecule has 5 N–H and O–H groups in total. The predicted molar refractivity (Wildman–Crippen MR) is 87.3 cm³/mol. The first-order chi connectivity index (χ1) is 11.4. The first kappa shape index (κ1) is 20.6. The number of nitro groups is 1. The maximum atomic E-state index is 13.5. The number of anilines is 1. The molecule has 0 radical (unpaired) electrons. The lowest BCUT2D eigenvalue weighted by atomic mass is 9.99. The van der Waals surface area contributed by atoms with Crippen molar-refractivity contribution in [1.82, 2.24) is 5.32 Å².